The molecule has 0 saturated carbocycles. The Labute approximate surface area is 242 Å². The molecule has 41 heavy (non-hydrogen) atoms. The van der Waals surface area contributed by atoms with Crippen molar-refractivity contribution in [1.82, 2.24) is 9.78 Å². The maximum atomic E-state index is 14.2. The second-order valence-electron chi connectivity index (χ2n) is 10.6. The first kappa shape index (κ1) is 26.9. The minimum atomic E-state index is -2.21. The van der Waals surface area contributed by atoms with E-state index in [2.05, 4.69) is 122 Å². The van der Waals surface area contributed by atoms with Crippen LogP contribution in [0.1, 0.15) is 25.6 Å². The molecule has 0 spiro atoms. The van der Waals surface area contributed by atoms with Crippen LogP contribution in [0.4, 0.5) is 4.39 Å². The van der Waals surface area contributed by atoms with E-state index in [-0.39, 0.29) is 11.9 Å². The van der Waals surface area contributed by atoms with E-state index in [1.807, 2.05) is 30.3 Å². The standard InChI is InChI=1S/C37H33FN2P/c1-28(2)40-35(36(29-23-25-31(38)26-24-29)37(39-40)30-15-7-3-8-16-30)27-41(32-17-9-4-10-18-32,33-19-11-5-12-20-33)34-21-13-6-14-22-34/h3-26,28H,27H2,1-2H3/q+1. The molecule has 2 nitrogen and oxygen atoms in total. The average molecular weight is 556 g/mol. The third-order valence-electron chi connectivity index (χ3n) is 7.66. The highest BCUT2D eigenvalue weighted by Crippen LogP contribution is 2.59. The lowest BCUT2D eigenvalue weighted by atomic mass is 9.99. The summed E-state index contributed by atoms with van der Waals surface area (Å²) < 4.78 is 16.4. The Hall–Kier alpha value is -4.33. The predicted molar refractivity (Wildman–Crippen MR) is 172 cm³/mol. The molecule has 4 heteroatoms. The zero-order valence-electron chi connectivity index (χ0n) is 23.4. The number of hydrogen-bond acceptors (Lipinski definition) is 1. The van der Waals surface area contributed by atoms with Gasteiger partial charge in [0, 0.05) is 17.2 Å². The molecule has 0 aliphatic heterocycles. The molecule has 0 unspecified atom stereocenters. The van der Waals surface area contributed by atoms with Gasteiger partial charge in [0.05, 0.1) is 5.69 Å². The summed E-state index contributed by atoms with van der Waals surface area (Å²) in [6.07, 6.45) is 0.774. The molecular weight excluding hydrogens is 522 g/mol. The lowest BCUT2D eigenvalue weighted by Crippen LogP contribution is -2.33. The normalized spacial score (nSPS) is 11.6. The number of rotatable bonds is 8. The third-order valence-corrected chi connectivity index (χ3v) is 12.0. The molecule has 5 aromatic carbocycles. The van der Waals surface area contributed by atoms with E-state index in [0.717, 1.165) is 34.2 Å². The van der Waals surface area contributed by atoms with Crippen molar-refractivity contribution in [2.75, 3.05) is 0 Å². The Morgan fingerprint density at radius 1 is 0.585 bits per heavy atom. The van der Waals surface area contributed by atoms with Gasteiger partial charge in [-0.05, 0) is 67.9 Å². The van der Waals surface area contributed by atoms with Gasteiger partial charge in [-0.2, -0.15) is 5.10 Å². The lowest BCUT2D eigenvalue weighted by Gasteiger charge is -2.29. The lowest BCUT2D eigenvalue weighted by molar-refractivity contribution is 0.519. The summed E-state index contributed by atoms with van der Waals surface area (Å²) in [6, 6.07) is 50.1. The molecular formula is C37H33FN2P+. The van der Waals surface area contributed by atoms with Crippen LogP contribution in [0.3, 0.4) is 0 Å². The highest BCUT2D eigenvalue weighted by Gasteiger charge is 2.47. The van der Waals surface area contributed by atoms with Crippen molar-refractivity contribution in [2.45, 2.75) is 26.1 Å². The van der Waals surface area contributed by atoms with Gasteiger partial charge >= 0.3 is 0 Å². The molecule has 0 bridgehead atoms. The fourth-order valence-corrected chi connectivity index (χ4v) is 10.00. The Kier molecular flexibility index (Phi) is 7.63. The fraction of sp³-hybridized carbons (Fsp3) is 0.108. The molecule has 0 N–H and O–H groups in total. The molecule has 0 amide bonds. The van der Waals surface area contributed by atoms with Crippen molar-refractivity contribution in [3.63, 3.8) is 0 Å². The molecule has 0 fully saturated rings. The van der Waals surface area contributed by atoms with Crippen molar-refractivity contribution in [2.24, 2.45) is 0 Å². The highest BCUT2D eigenvalue weighted by molar-refractivity contribution is 7.95. The molecule has 0 aliphatic carbocycles. The van der Waals surface area contributed by atoms with Gasteiger partial charge in [0.25, 0.3) is 0 Å². The summed E-state index contributed by atoms with van der Waals surface area (Å²) in [5, 5.41) is 9.24. The molecule has 202 valence electrons. The van der Waals surface area contributed by atoms with Crippen LogP contribution in [0.25, 0.3) is 22.4 Å². The summed E-state index contributed by atoms with van der Waals surface area (Å²) in [5.41, 5.74) is 5.18. The quantitative estimate of drug-likeness (QED) is 0.172. The molecule has 1 aromatic heterocycles. The van der Waals surface area contributed by atoms with Crippen molar-refractivity contribution in [3.8, 4) is 22.4 Å². The van der Waals surface area contributed by atoms with Crippen LogP contribution >= 0.6 is 7.26 Å². The number of aromatic nitrogens is 2. The van der Waals surface area contributed by atoms with Gasteiger partial charge in [-0.15, -0.1) is 0 Å². The highest BCUT2D eigenvalue weighted by atomic mass is 31.2. The molecule has 0 radical (unpaired) electrons. The van der Waals surface area contributed by atoms with Crippen LogP contribution in [0.15, 0.2) is 146 Å². The van der Waals surface area contributed by atoms with E-state index < -0.39 is 7.26 Å². The number of hydrogen-bond donors (Lipinski definition) is 0. The van der Waals surface area contributed by atoms with E-state index in [9.17, 15) is 4.39 Å². The van der Waals surface area contributed by atoms with Crippen LogP contribution in [-0.4, -0.2) is 9.78 Å². The Morgan fingerprint density at radius 2 is 1.02 bits per heavy atom. The van der Waals surface area contributed by atoms with Crippen LogP contribution < -0.4 is 15.9 Å². The van der Waals surface area contributed by atoms with Gasteiger partial charge in [-0.3, -0.25) is 4.68 Å². The first-order chi connectivity index (χ1) is 20.1. The summed E-state index contributed by atoms with van der Waals surface area (Å²) >= 11 is 0. The van der Waals surface area contributed by atoms with E-state index in [0.29, 0.717) is 0 Å². The van der Waals surface area contributed by atoms with Gasteiger partial charge in [-0.1, -0.05) is 97.1 Å². The Morgan fingerprint density at radius 3 is 1.46 bits per heavy atom. The van der Waals surface area contributed by atoms with Crippen molar-refractivity contribution < 1.29 is 4.39 Å². The maximum absolute atomic E-state index is 14.2. The Balaban J connectivity index is 1.70. The summed E-state index contributed by atoms with van der Waals surface area (Å²) in [7, 11) is -2.21. The topological polar surface area (TPSA) is 17.8 Å². The van der Waals surface area contributed by atoms with Crippen molar-refractivity contribution >= 4 is 23.2 Å². The second kappa shape index (κ2) is 11.6. The molecule has 0 aliphatic rings. The van der Waals surface area contributed by atoms with Crippen LogP contribution in [-0.2, 0) is 6.16 Å². The van der Waals surface area contributed by atoms with E-state index in [4.69, 9.17) is 5.10 Å². The van der Waals surface area contributed by atoms with Gasteiger partial charge in [-0.25, -0.2) is 4.39 Å². The largest absolute Gasteiger partial charge is 0.262 e. The summed E-state index contributed by atoms with van der Waals surface area (Å²) in [4.78, 5) is 0. The van der Waals surface area contributed by atoms with Crippen LogP contribution in [0, 0.1) is 5.82 Å². The van der Waals surface area contributed by atoms with Gasteiger partial charge in [0.1, 0.15) is 40.8 Å². The summed E-state index contributed by atoms with van der Waals surface area (Å²) in [6.45, 7) is 4.38. The molecule has 6 rings (SSSR count). The maximum Gasteiger partial charge on any atom is 0.123 e. The van der Waals surface area contributed by atoms with Crippen molar-refractivity contribution in [3.05, 3.63) is 157 Å². The minimum absolute atomic E-state index is 0.130. The van der Waals surface area contributed by atoms with E-state index in [1.54, 1.807) is 12.1 Å². The van der Waals surface area contributed by atoms with E-state index >= 15 is 0 Å². The average Bonchev–Trinajstić information content (AvgIpc) is 3.41. The van der Waals surface area contributed by atoms with Crippen LogP contribution in [0.5, 0.6) is 0 Å². The predicted octanol–water partition coefficient (Wildman–Crippen LogP) is 8.43. The van der Waals surface area contributed by atoms with Crippen molar-refractivity contribution in [1.29, 1.82) is 0 Å². The zero-order chi connectivity index (χ0) is 28.2. The molecule has 6 aromatic rings. The summed E-state index contributed by atoms with van der Waals surface area (Å²) in [5.74, 6) is -0.243. The minimum Gasteiger partial charge on any atom is -0.262 e. The molecule has 1 heterocycles. The first-order valence-electron chi connectivity index (χ1n) is 14.1. The second-order valence-corrected chi connectivity index (χ2v) is 14.0. The monoisotopic (exact) mass is 555 g/mol. The number of benzene rings is 5. The van der Waals surface area contributed by atoms with Gasteiger partial charge < -0.3 is 0 Å². The number of halogens is 1. The van der Waals surface area contributed by atoms with Crippen LogP contribution in [0.2, 0.25) is 0 Å². The zero-order valence-corrected chi connectivity index (χ0v) is 24.3. The number of nitrogens with zero attached hydrogens (tertiary/aromatic N) is 2. The molecule has 0 saturated heterocycles. The SMILES string of the molecule is CC(C)n1nc(-c2ccccc2)c(-c2ccc(F)cc2)c1C[P+](c1ccccc1)(c1ccccc1)c1ccccc1. The van der Waals surface area contributed by atoms with E-state index in [1.165, 1.54) is 15.9 Å². The fourth-order valence-electron chi connectivity index (χ4n) is 5.76. The first-order valence-corrected chi connectivity index (χ1v) is 16.0. The van der Waals surface area contributed by atoms with Gasteiger partial charge in [0.15, 0.2) is 0 Å². The Bertz CT molecular complexity index is 1620. The third kappa shape index (κ3) is 5.14. The van der Waals surface area contributed by atoms with Gasteiger partial charge in [0.2, 0.25) is 0 Å². The molecule has 0 atom stereocenters. The smallest absolute Gasteiger partial charge is 0.123 e.